The highest BCUT2D eigenvalue weighted by Crippen LogP contribution is 2.27. The number of hydrogen-bond donors (Lipinski definition) is 2. The van der Waals surface area contributed by atoms with Gasteiger partial charge in [0.15, 0.2) is 0 Å². The molecule has 0 spiro atoms. The van der Waals surface area contributed by atoms with Crippen LogP contribution in [0, 0.1) is 6.92 Å². The molecule has 2 aromatic rings. The van der Waals surface area contributed by atoms with E-state index < -0.39 is 0 Å². The van der Waals surface area contributed by atoms with Crippen molar-refractivity contribution in [1.29, 1.82) is 0 Å². The Labute approximate surface area is 160 Å². The zero-order valence-corrected chi connectivity index (χ0v) is 16.0. The molecule has 0 heterocycles. The summed E-state index contributed by atoms with van der Waals surface area (Å²) in [6.07, 6.45) is 4.59. The third kappa shape index (κ3) is 5.09. The molecule has 1 aliphatic rings. The van der Waals surface area contributed by atoms with Gasteiger partial charge < -0.3 is 15.5 Å². The zero-order valence-electron chi connectivity index (χ0n) is 16.0. The summed E-state index contributed by atoms with van der Waals surface area (Å²) in [5.41, 5.74) is 5.62. The van der Waals surface area contributed by atoms with Gasteiger partial charge in [-0.15, -0.1) is 0 Å². The first-order valence-electron chi connectivity index (χ1n) is 9.48. The summed E-state index contributed by atoms with van der Waals surface area (Å²) in [5, 5.41) is 6.08. The first-order valence-corrected chi connectivity index (χ1v) is 9.48. The quantitative estimate of drug-likeness (QED) is 0.825. The van der Waals surface area contributed by atoms with E-state index >= 15 is 0 Å². The summed E-state index contributed by atoms with van der Waals surface area (Å²) in [5.74, 6) is -0.311. The second-order valence-electron chi connectivity index (χ2n) is 7.17. The Morgan fingerprint density at radius 2 is 1.78 bits per heavy atom. The number of nitrogens with zero attached hydrogens (tertiary/aromatic N) is 1. The lowest BCUT2D eigenvalue weighted by Crippen LogP contribution is -2.38. The molecule has 2 N–H and O–H groups in total. The highest BCUT2D eigenvalue weighted by atomic mass is 16.2. The number of anilines is 2. The molecule has 0 fully saturated rings. The second kappa shape index (κ2) is 8.71. The molecular formula is C22H27N3O2. The monoisotopic (exact) mass is 365 g/mol. The van der Waals surface area contributed by atoms with E-state index in [1.165, 1.54) is 28.9 Å². The van der Waals surface area contributed by atoms with Gasteiger partial charge >= 0.3 is 0 Å². The maximum atomic E-state index is 12.4. The lowest BCUT2D eigenvalue weighted by Gasteiger charge is -2.21. The number of rotatable bonds is 6. The van der Waals surface area contributed by atoms with Crippen LogP contribution in [0.1, 0.15) is 29.5 Å². The van der Waals surface area contributed by atoms with Crippen LogP contribution in [0.15, 0.2) is 42.5 Å². The number of carbonyl (C=O) groups excluding carboxylic acids is 2. The van der Waals surface area contributed by atoms with E-state index in [-0.39, 0.29) is 24.9 Å². The molecule has 2 aromatic carbocycles. The van der Waals surface area contributed by atoms with Crippen LogP contribution in [0.2, 0.25) is 0 Å². The van der Waals surface area contributed by atoms with Gasteiger partial charge in [-0.3, -0.25) is 9.59 Å². The molecule has 3 rings (SSSR count). The minimum Gasteiger partial charge on any atom is -0.376 e. The van der Waals surface area contributed by atoms with Crippen molar-refractivity contribution in [3.05, 3.63) is 59.2 Å². The van der Waals surface area contributed by atoms with Gasteiger partial charge in [-0.2, -0.15) is 0 Å². The third-order valence-electron chi connectivity index (χ3n) is 4.97. The minimum absolute atomic E-state index is 0.0291. The number of benzene rings is 2. The van der Waals surface area contributed by atoms with Crippen molar-refractivity contribution < 1.29 is 9.59 Å². The van der Waals surface area contributed by atoms with Crippen molar-refractivity contribution in [2.24, 2.45) is 0 Å². The molecule has 0 saturated carbocycles. The number of aryl methyl sites for hydroxylation is 2. The van der Waals surface area contributed by atoms with Gasteiger partial charge in [-0.1, -0.05) is 29.8 Å². The van der Waals surface area contributed by atoms with E-state index in [1.807, 2.05) is 43.3 Å². The molecule has 5 nitrogen and oxygen atoms in total. The fraction of sp³-hybridized carbons (Fsp3) is 0.364. The Kier molecular flexibility index (Phi) is 6.12. The predicted molar refractivity (Wildman–Crippen MR) is 109 cm³/mol. The van der Waals surface area contributed by atoms with E-state index in [4.69, 9.17) is 0 Å². The van der Waals surface area contributed by atoms with Gasteiger partial charge in [0.25, 0.3) is 0 Å². The summed E-state index contributed by atoms with van der Waals surface area (Å²) in [4.78, 5) is 26.0. The standard InChI is InChI=1S/C22H27N3O2/c1-16-10-12-18(13-11-16)24-21(26)15-25(2)22(27)14-23-20-9-5-7-17-6-3-4-8-19(17)20/h5,7,9-13,23H,3-4,6,8,14-15H2,1-2H3,(H,24,26). The van der Waals surface area contributed by atoms with Crippen LogP contribution in [0.3, 0.4) is 0 Å². The predicted octanol–water partition coefficient (Wildman–Crippen LogP) is 3.38. The maximum Gasteiger partial charge on any atom is 0.243 e. The minimum atomic E-state index is -0.202. The van der Waals surface area contributed by atoms with Crippen LogP contribution in [-0.2, 0) is 22.4 Å². The molecule has 0 radical (unpaired) electrons. The molecule has 0 unspecified atom stereocenters. The smallest absolute Gasteiger partial charge is 0.243 e. The fourth-order valence-corrected chi connectivity index (χ4v) is 3.39. The summed E-state index contributed by atoms with van der Waals surface area (Å²) in [6, 6.07) is 13.8. The largest absolute Gasteiger partial charge is 0.376 e. The number of carbonyl (C=O) groups is 2. The average Bonchev–Trinajstić information content (AvgIpc) is 2.67. The Morgan fingerprint density at radius 1 is 1.04 bits per heavy atom. The van der Waals surface area contributed by atoms with Crippen molar-refractivity contribution in [1.82, 2.24) is 4.90 Å². The Balaban J connectivity index is 1.50. The number of fused-ring (bicyclic) bond motifs is 1. The molecule has 5 heteroatoms. The normalized spacial score (nSPS) is 12.8. The molecule has 0 bridgehead atoms. The number of amides is 2. The van der Waals surface area contributed by atoms with Gasteiger partial charge in [-0.05, 0) is 61.9 Å². The van der Waals surface area contributed by atoms with E-state index in [2.05, 4.69) is 16.7 Å². The van der Waals surface area contributed by atoms with Crippen molar-refractivity contribution in [3.8, 4) is 0 Å². The molecule has 27 heavy (non-hydrogen) atoms. The van der Waals surface area contributed by atoms with Crippen molar-refractivity contribution in [2.75, 3.05) is 30.8 Å². The van der Waals surface area contributed by atoms with Crippen molar-refractivity contribution >= 4 is 23.2 Å². The maximum absolute atomic E-state index is 12.4. The molecule has 0 saturated heterocycles. The van der Waals surface area contributed by atoms with Crippen LogP contribution < -0.4 is 10.6 Å². The van der Waals surface area contributed by atoms with Gasteiger partial charge in [0.05, 0.1) is 13.1 Å². The first-order chi connectivity index (χ1) is 13.0. The molecule has 1 aliphatic carbocycles. The Hall–Kier alpha value is -2.82. The van der Waals surface area contributed by atoms with Crippen molar-refractivity contribution in [3.63, 3.8) is 0 Å². The fourth-order valence-electron chi connectivity index (χ4n) is 3.39. The van der Waals surface area contributed by atoms with Gasteiger partial charge in [0.2, 0.25) is 11.8 Å². The molecule has 142 valence electrons. The lowest BCUT2D eigenvalue weighted by molar-refractivity contribution is -0.131. The molecule has 0 aliphatic heterocycles. The van der Waals surface area contributed by atoms with Gasteiger partial charge in [-0.25, -0.2) is 0 Å². The van der Waals surface area contributed by atoms with E-state index in [9.17, 15) is 9.59 Å². The van der Waals surface area contributed by atoms with Crippen molar-refractivity contribution in [2.45, 2.75) is 32.6 Å². The third-order valence-corrected chi connectivity index (χ3v) is 4.97. The molecule has 0 aromatic heterocycles. The van der Waals surface area contributed by atoms with Gasteiger partial charge in [0, 0.05) is 18.4 Å². The number of hydrogen-bond acceptors (Lipinski definition) is 3. The van der Waals surface area contributed by atoms with Crippen LogP contribution >= 0.6 is 0 Å². The van der Waals surface area contributed by atoms with E-state index in [1.54, 1.807) is 7.05 Å². The summed E-state index contributed by atoms with van der Waals surface area (Å²) in [7, 11) is 1.65. The van der Waals surface area contributed by atoms with Crippen LogP contribution in [-0.4, -0.2) is 36.9 Å². The highest BCUT2D eigenvalue weighted by Gasteiger charge is 2.16. The van der Waals surface area contributed by atoms with E-state index in [0.717, 1.165) is 29.8 Å². The lowest BCUT2D eigenvalue weighted by atomic mass is 9.90. The summed E-state index contributed by atoms with van der Waals surface area (Å²) in [6.45, 7) is 2.21. The molecule has 0 atom stereocenters. The average molecular weight is 365 g/mol. The summed E-state index contributed by atoms with van der Waals surface area (Å²) >= 11 is 0. The molecular weight excluding hydrogens is 338 g/mol. The van der Waals surface area contributed by atoms with Crippen LogP contribution in [0.5, 0.6) is 0 Å². The van der Waals surface area contributed by atoms with E-state index in [0.29, 0.717) is 0 Å². The zero-order chi connectivity index (χ0) is 19.2. The SMILES string of the molecule is Cc1ccc(NC(=O)CN(C)C(=O)CNc2cccc3c2CCCC3)cc1. The van der Waals surface area contributed by atoms with Crippen LogP contribution in [0.4, 0.5) is 11.4 Å². The van der Waals surface area contributed by atoms with Gasteiger partial charge in [0.1, 0.15) is 0 Å². The summed E-state index contributed by atoms with van der Waals surface area (Å²) < 4.78 is 0. The Bertz CT molecular complexity index is 815. The Morgan fingerprint density at radius 3 is 2.56 bits per heavy atom. The highest BCUT2D eigenvalue weighted by molar-refractivity contribution is 5.95. The first kappa shape index (κ1) is 19.0. The number of likely N-dealkylation sites (N-methyl/N-ethyl adjacent to an activating group) is 1. The topological polar surface area (TPSA) is 61.4 Å². The van der Waals surface area contributed by atoms with Crippen LogP contribution in [0.25, 0.3) is 0 Å². The molecule has 2 amide bonds. The number of nitrogens with one attached hydrogen (secondary N) is 2. The second-order valence-corrected chi connectivity index (χ2v) is 7.17.